The Labute approximate surface area is 177 Å². The van der Waals surface area contributed by atoms with Gasteiger partial charge < -0.3 is 15.2 Å². The van der Waals surface area contributed by atoms with Gasteiger partial charge in [-0.2, -0.15) is 0 Å². The fraction of sp³-hybridized carbons (Fsp3) is 0.500. The Morgan fingerprint density at radius 1 is 1.35 bits per heavy atom. The molecule has 2 rings (SSSR count). The van der Waals surface area contributed by atoms with Crippen molar-refractivity contribution in [2.24, 2.45) is 4.99 Å². The number of nitrogens with zero attached hydrogens (tertiary/aromatic N) is 4. The standard InChI is InChI=1S/C18H27ClN6.HI/c1-4-9-20-18(21-10-11-25-13-22-24-17(25)5-2)23-14(3)15-7-6-8-16(19)12-15;/h6-8,12-14H,4-5,9-11H2,1-3H3,(H2,20,21,23);1H. The van der Waals surface area contributed by atoms with E-state index < -0.39 is 0 Å². The third kappa shape index (κ3) is 7.11. The van der Waals surface area contributed by atoms with E-state index in [9.17, 15) is 0 Å². The van der Waals surface area contributed by atoms with E-state index in [-0.39, 0.29) is 30.0 Å². The fourth-order valence-electron chi connectivity index (χ4n) is 2.47. The summed E-state index contributed by atoms with van der Waals surface area (Å²) in [4.78, 5) is 4.61. The maximum Gasteiger partial charge on any atom is 0.191 e. The third-order valence-corrected chi connectivity index (χ3v) is 4.09. The van der Waals surface area contributed by atoms with Gasteiger partial charge in [0.1, 0.15) is 12.2 Å². The zero-order valence-electron chi connectivity index (χ0n) is 15.6. The summed E-state index contributed by atoms with van der Waals surface area (Å²) in [7, 11) is 0. The number of halogens is 2. The maximum atomic E-state index is 6.09. The molecule has 0 aliphatic carbocycles. The summed E-state index contributed by atoms with van der Waals surface area (Å²) in [5.41, 5.74) is 1.13. The molecule has 26 heavy (non-hydrogen) atoms. The Morgan fingerprint density at radius 3 is 2.85 bits per heavy atom. The summed E-state index contributed by atoms with van der Waals surface area (Å²) in [5.74, 6) is 1.80. The van der Waals surface area contributed by atoms with E-state index in [2.05, 4.69) is 57.2 Å². The molecule has 2 N–H and O–H groups in total. The number of aryl methyl sites for hydroxylation is 1. The Hall–Kier alpha value is -1.35. The quantitative estimate of drug-likeness (QED) is 0.335. The van der Waals surface area contributed by atoms with Crippen molar-refractivity contribution in [2.45, 2.75) is 46.2 Å². The second kappa shape index (κ2) is 12.1. The van der Waals surface area contributed by atoms with Crippen molar-refractivity contribution in [2.75, 3.05) is 13.1 Å². The van der Waals surface area contributed by atoms with Gasteiger partial charge in [-0.3, -0.25) is 4.99 Å². The lowest BCUT2D eigenvalue weighted by molar-refractivity contribution is 0.618. The van der Waals surface area contributed by atoms with Gasteiger partial charge in [-0.15, -0.1) is 34.2 Å². The molecule has 1 aromatic heterocycles. The van der Waals surface area contributed by atoms with Crippen LogP contribution >= 0.6 is 35.6 Å². The molecule has 1 heterocycles. The van der Waals surface area contributed by atoms with Crippen molar-refractivity contribution in [3.05, 3.63) is 47.0 Å². The van der Waals surface area contributed by atoms with Gasteiger partial charge in [0.25, 0.3) is 0 Å². The van der Waals surface area contributed by atoms with Crippen LogP contribution in [-0.2, 0) is 13.0 Å². The van der Waals surface area contributed by atoms with Crippen LogP contribution in [0.4, 0.5) is 0 Å². The second-order valence-corrected chi connectivity index (χ2v) is 6.31. The van der Waals surface area contributed by atoms with Crippen LogP contribution in [0.1, 0.15) is 44.6 Å². The largest absolute Gasteiger partial charge is 0.355 e. The summed E-state index contributed by atoms with van der Waals surface area (Å²) in [6.45, 7) is 8.63. The van der Waals surface area contributed by atoms with Gasteiger partial charge in [0.2, 0.25) is 0 Å². The van der Waals surface area contributed by atoms with E-state index in [4.69, 9.17) is 11.6 Å². The predicted octanol–water partition coefficient (Wildman–Crippen LogP) is 3.82. The van der Waals surface area contributed by atoms with Gasteiger partial charge in [0.15, 0.2) is 5.96 Å². The molecular formula is C18H28ClIN6. The molecule has 0 saturated carbocycles. The Morgan fingerprint density at radius 2 is 2.15 bits per heavy atom. The highest BCUT2D eigenvalue weighted by Gasteiger charge is 2.09. The summed E-state index contributed by atoms with van der Waals surface area (Å²) in [5, 5.41) is 15.6. The number of hydrogen-bond acceptors (Lipinski definition) is 3. The first-order chi connectivity index (χ1) is 12.1. The van der Waals surface area contributed by atoms with E-state index in [1.54, 1.807) is 6.33 Å². The molecule has 1 atom stereocenters. The van der Waals surface area contributed by atoms with E-state index in [0.717, 1.165) is 54.8 Å². The molecule has 144 valence electrons. The van der Waals surface area contributed by atoms with Gasteiger partial charge in [-0.1, -0.05) is 37.6 Å². The van der Waals surface area contributed by atoms with Gasteiger partial charge in [0.05, 0.1) is 6.04 Å². The van der Waals surface area contributed by atoms with Crippen molar-refractivity contribution >= 4 is 41.5 Å². The molecule has 1 aromatic carbocycles. The number of benzene rings is 1. The summed E-state index contributed by atoms with van der Waals surface area (Å²) < 4.78 is 2.06. The smallest absolute Gasteiger partial charge is 0.191 e. The van der Waals surface area contributed by atoms with E-state index in [1.807, 2.05) is 18.2 Å². The molecule has 8 heteroatoms. The second-order valence-electron chi connectivity index (χ2n) is 5.87. The number of aliphatic imine (C=N–C) groups is 1. The lowest BCUT2D eigenvalue weighted by atomic mass is 10.1. The molecule has 0 bridgehead atoms. The maximum absolute atomic E-state index is 6.09. The minimum absolute atomic E-state index is 0. The predicted molar refractivity (Wildman–Crippen MR) is 118 cm³/mol. The van der Waals surface area contributed by atoms with E-state index >= 15 is 0 Å². The summed E-state index contributed by atoms with van der Waals surface area (Å²) >= 11 is 6.09. The average Bonchev–Trinajstić information content (AvgIpc) is 3.07. The first-order valence-electron chi connectivity index (χ1n) is 8.81. The van der Waals surface area contributed by atoms with Crippen LogP contribution in [0.15, 0.2) is 35.6 Å². The van der Waals surface area contributed by atoms with Crippen LogP contribution < -0.4 is 10.6 Å². The van der Waals surface area contributed by atoms with Crippen molar-refractivity contribution in [1.82, 2.24) is 25.4 Å². The molecule has 6 nitrogen and oxygen atoms in total. The first kappa shape index (κ1) is 22.7. The monoisotopic (exact) mass is 490 g/mol. The number of guanidine groups is 1. The van der Waals surface area contributed by atoms with Crippen LogP contribution in [0, 0.1) is 0 Å². The van der Waals surface area contributed by atoms with Crippen LogP contribution in [0.5, 0.6) is 0 Å². The molecule has 0 aliphatic rings. The van der Waals surface area contributed by atoms with Gasteiger partial charge in [-0.05, 0) is 31.0 Å². The fourth-order valence-corrected chi connectivity index (χ4v) is 2.67. The van der Waals surface area contributed by atoms with Crippen molar-refractivity contribution in [1.29, 1.82) is 0 Å². The number of hydrogen-bond donors (Lipinski definition) is 2. The van der Waals surface area contributed by atoms with E-state index in [0.29, 0.717) is 0 Å². The lowest BCUT2D eigenvalue weighted by Crippen LogP contribution is -2.40. The van der Waals surface area contributed by atoms with Crippen molar-refractivity contribution < 1.29 is 0 Å². The van der Waals surface area contributed by atoms with Crippen molar-refractivity contribution in [3.63, 3.8) is 0 Å². The van der Waals surface area contributed by atoms with Gasteiger partial charge >= 0.3 is 0 Å². The van der Waals surface area contributed by atoms with Gasteiger partial charge in [0, 0.05) is 31.1 Å². The third-order valence-electron chi connectivity index (χ3n) is 3.85. The first-order valence-corrected chi connectivity index (χ1v) is 9.18. The average molecular weight is 491 g/mol. The normalized spacial score (nSPS) is 12.4. The molecule has 2 aromatic rings. The minimum Gasteiger partial charge on any atom is -0.355 e. The van der Waals surface area contributed by atoms with Crippen LogP contribution in [0.3, 0.4) is 0 Å². The molecule has 0 saturated heterocycles. The SMILES string of the molecule is CCCN=C(NCCn1cnnc1CC)NC(C)c1cccc(Cl)c1.I. The Bertz CT molecular complexity index is 688. The Kier molecular flexibility index (Phi) is 10.6. The molecule has 0 fully saturated rings. The van der Waals surface area contributed by atoms with Crippen LogP contribution in [-0.4, -0.2) is 33.8 Å². The van der Waals surface area contributed by atoms with Gasteiger partial charge in [-0.25, -0.2) is 0 Å². The number of rotatable bonds is 8. The molecular weight excluding hydrogens is 463 g/mol. The highest BCUT2D eigenvalue weighted by Crippen LogP contribution is 2.17. The lowest BCUT2D eigenvalue weighted by Gasteiger charge is -2.19. The zero-order chi connectivity index (χ0) is 18.1. The summed E-state index contributed by atoms with van der Waals surface area (Å²) in [6, 6.07) is 7.99. The number of nitrogens with one attached hydrogen (secondary N) is 2. The minimum atomic E-state index is 0. The molecule has 0 amide bonds. The van der Waals surface area contributed by atoms with E-state index in [1.165, 1.54) is 0 Å². The van der Waals surface area contributed by atoms with Crippen LogP contribution in [0.25, 0.3) is 0 Å². The van der Waals surface area contributed by atoms with Crippen molar-refractivity contribution in [3.8, 4) is 0 Å². The number of aromatic nitrogens is 3. The molecule has 0 aliphatic heterocycles. The topological polar surface area (TPSA) is 67.1 Å². The Balaban J connectivity index is 0.00000338. The molecule has 0 spiro atoms. The molecule has 0 radical (unpaired) electrons. The summed E-state index contributed by atoms with van der Waals surface area (Å²) in [6.07, 6.45) is 3.65. The molecule has 1 unspecified atom stereocenters. The highest BCUT2D eigenvalue weighted by molar-refractivity contribution is 14.0. The van der Waals surface area contributed by atoms with Crippen LogP contribution in [0.2, 0.25) is 5.02 Å². The zero-order valence-corrected chi connectivity index (χ0v) is 18.7. The highest BCUT2D eigenvalue weighted by atomic mass is 127.